The molecule has 0 saturated heterocycles. The fraction of sp³-hybridized carbons (Fsp3) is 0.133. The Morgan fingerprint density at radius 1 is 1.10 bits per heavy atom. The molecule has 0 unspecified atom stereocenters. The second kappa shape index (κ2) is 6.24. The Hall–Kier alpha value is -1.91. The Bertz CT molecular complexity index is 666. The lowest BCUT2D eigenvalue weighted by atomic mass is 10.1. The van der Waals surface area contributed by atoms with Crippen LogP contribution >= 0.6 is 23.2 Å². The first-order valence-electron chi connectivity index (χ1n) is 6.21. The topological polar surface area (TPSA) is 58.4 Å². The van der Waals surface area contributed by atoms with Gasteiger partial charge in [-0.05, 0) is 36.4 Å². The van der Waals surface area contributed by atoms with Gasteiger partial charge in [-0.15, -0.1) is 0 Å². The number of nitrogens with one attached hydrogen (secondary N) is 1. The predicted octanol–water partition coefficient (Wildman–Crippen LogP) is 3.89. The third-order valence-electron chi connectivity index (χ3n) is 2.87. The Kier molecular flexibility index (Phi) is 4.60. The van der Waals surface area contributed by atoms with Crippen LogP contribution in [0.1, 0.15) is 10.4 Å². The van der Waals surface area contributed by atoms with Crippen molar-refractivity contribution in [2.75, 3.05) is 30.0 Å². The Labute approximate surface area is 133 Å². The van der Waals surface area contributed by atoms with Crippen LogP contribution in [0.2, 0.25) is 10.0 Å². The summed E-state index contributed by atoms with van der Waals surface area (Å²) in [6, 6.07) is 10.0. The van der Waals surface area contributed by atoms with Gasteiger partial charge in [0.2, 0.25) is 0 Å². The number of anilines is 3. The van der Waals surface area contributed by atoms with Crippen molar-refractivity contribution in [2.24, 2.45) is 0 Å². The number of rotatable bonds is 3. The first-order valence-corrected chi connectivity index (χ1v) is 6.96. The zero-order valence-corrected chi connectivity index (χ0v) is 13.2. The minimum absolute atomic E-state index is 0.297. The molecule has 6 heteroatoms. The van der Waals surface area contributed by atoms with E-state index in [0.717, 1.165) is 5.69 Å². The van der Waals surface area contributed by atoms with Crippen molar-refractivity contribution in [1.29, 1.82) is 0 Å². The normalized spacial score (nSPS) is 10.3. The van der Waals surface area contributed by atoms with Gasteiger partial charge < -0.3 is 16.0 Å². The van der Waals surface area contributed by atoms with E-state index in [-0.39, 0.29) is 5.91 Å². The smallest absolute Gasteiger partial charge is 0.255 e. The van der Waals surface area contributed by atoms with E-state index in [2.05, 4.69) is 5.32 Å². The van der Waals surface area contributed by atoms with E-state index in [4.69, 9.17) is 28.9 Å². The number of amides is 1. The van der Waals surface area contributed by atoms with E-state index < -0.39 is 0 Å². The number of nitrogen functional groups attached to an aromatic ring is 1. The van der Waals surface area contributed by atoms with Crippen LogP contribution in [0.3, 0.4) is 0 Å². The summed E-state index contributed by atoms with van der Waals surface area (Å²) in [6.45, 7) is 0. The molecule has 110 valence electrons. The highest BCUT2D eigenvalue weighted by atomic mass is 35.5. The quantitative estimate of drug-likeness (QED) is 0.842. The zero-order valence-electron chi connectivity index (χ0n) is 11.7. The van der Waals surface area contributed by atoms with Gasteiger partial charge in [0, 0.05) is 35.4 Å². The van der Waals surface area contributed by atoms with Crippen molar-refractivity contribution < 1.29 is 4.79 Å². The average Bonchev–Trinajstić information content (AvgIpc) is 2.37. The Morgan fingerprint density at radius 3 is 2.43 bits per heavy atom. The van der Waals surface area contributed by atoms with E-state index in [1.54, 1.807) is 30.3 Å². The van der Waals surface area contributed by atoms with E-state index in [1.165, 1.54) is 0 Å². The molecule has 21 heavy (non-hydrogen) atoms. The number of benzene rings is 2. The summed E-state index contributed by atoms with van der Waals surface area (Å²) < 4.78 is 0. The minimum atomic E-state index is -0.297. The fourth-order valence-corrected chi connectivity index (χ4v) is 2.35. The molecule has 4 nitrogen and oxygen atoms in total. The molecule has 0 aliphatic rings. The van der Waals surface area contributed by atoms with E-state index >= 15 is 0 Å². The summed E-state index contributed by atoms with van der Waals surface area (Å²) in [7, 11) is 3.77. The van der Waals surface area contributed by atoms with Crippen molar-refractivity contribution in [1.82, 2.24) is 0 Å². The summed E-state index contributed by atoms with van der Waals surface area (Å²) in [4.78, 5) is 14.2. The second-order valence-electron chi connectivity index (χ2n) is 4.78. The van der Waals surface area contributed by atoms with Crippen molar-refractivity contribution >= 4 is 46.2 Å². The molecule has 2 aromatic carbocycles. The maximum absolute atomic E-state index is 12.3. The fourth-order valence-electron chi connectivity index (χ4n) is 1.94. The summed E-state index contributed by atoms with van der Waals surface area (Å²) in [6.07, 6.45) is 0. The molecule has 0 bridgehead atoms. The Balaban J connectivity index is 2.33. The number of hydrogen-bond acceptors (Lipinski definition) is 3. The molecule has 0 aliphatic heterocycles. The van der Waals surface area contributed by atoms with Crippen molar-refractivity contribution in [3.05, 3.63) is 52.0 Å². The molecular formula is C15H15Cl2N3O. The molecule has 2 rings (SSSR count). The molecule has 0 aliphatic carbocycles. The van der Waals surface area contributed by atoms with Crippen LogP contribution in [0.4, 0.5) is 17.1 Å². The van der Waals surface area contributed by atoms with Gasteiger partial charge in [0.25, 0.3) is 5.91 Å². The third kappa shape index (κ3) is 3.80. The van der Waals surface area contributed by atoms with Crippen LogP contribution < -0.4 is 16.0 Å². The molecule has 0 aromatic heterocycles. The SMILES string of the molecule is CN(C)c1ccc(Cl)cc1NC(=O)c1cc(N)cc(Cl)c1. The van der Waals surface area contributed by atoms with Crippen LogP contribution in [0.5, 0.6) is 0 Å². The molecule has 1 amide bonds. The van der Waals surface area contributed by atoms with E-state index in [9.17, 15) is 4.79 Å². The molecule has 0 atom stereocenters. The highest BCUT2D eigenvalue weighted by molar-refractivity contribution is 6.32. The number of carbonyl (C=O) groups is 1. The highest BCUT2D eigenvalue weighted by Crippen LogP contribution is 2.28. The van der Waals surface area contributed by atoms with Crippen molar-refractivity contribution in [2.45, 2.75) is 0 Å². The summed E-state index contributed by atoms with van der Waals surface area (Å²) in [5.41, 5.74) is 8.00. The van der Waals surface area contributed by atoms with Gasteiger partial charge in [0.15, 0.2) is 0 Å². The van der Waals surface area contributed by atoms with E-state index in [0.29, 0.717) is 27.0 Å². The average molecular weight is 324 g/mol. The molecule has 0 heterocycles. The van der Waals surface area contributed by atoms with Gasteiger partial charge in [0.05, 0.1) is 11.4 Å². The largest absolute Gasteiger partial charge is 0.399 e. The van der Waals surface area contributed by atoms with Crippen LogP contribution in [-0.2, 0) is 0 Å². The molecule has 3 N–H and O–H groups in total. The number of hydrogen-bond donors (Lipinski definition) is 2. The van der Waals surface area contributed by atoms with Crippen LogP contribution in [0, 0.1) is 0 Å². The number of carbonyl (C=O) groups excluding carboxylic acids is 1. The maximum atomic E-state index is 12.3. The molecule has 2 aromatic rings. The number of nitrogens with two attached hydrogens (primary N) is 1. The maximum Gasteiger partial charge on any atom is 0.255 e. The first-order chi connectivity index (χ1) is 9.86. The molecule has 0 fully saturated rings. The molecule has 0 saturated carbocycles. The third-order valence-corrected chi connectivity index (χ3v) is 3.32. The van der Waals surface area contributed by atoms with Gasteiger partial charge in [-0.1, -0.05) is 23.2 Å². The van der Waals surface area contributed by atoms with Gasteiger partial charge >= 0.3 is 0 Å². The Morgan fingerprint density at radius 2 is 1.81 bits per heavy atom. The lowest BCUT2D eigenvalue weighted by Gasteiger charge is -2.18. The number of nitrogens with zero attached hydrogens (tertiary/aromatic N) is 1. The second-order valence-corrected chi connectivity index (χ2v) is 5.66. The van der Waals surface area contributed by atoms with Gasteiger partial charge in [-0.3, -0.25) is 4.79 Å². The van der Waals surface area contributed by atoms with E-state index in [1.807, 2.05) is 25.1 Å². The first kappa shape index (κ1) is 15.5. The molecule has 0 spiro atoms. The minimum Gasteiger partial charge on any atom is -0.399 e. The summed E-state index contributed by atoms with van der Waals surface area (Å²) in [5.74, 6) is -0.297. The summed E-state index contributed by atoms with van der Waals surface area (Å²) in [5, 5.41) is 3.78. The standard InChI is InChI=1S/C15H15Cl2N3O/c1-20(2)14-4-3-10(16)8-13(14)19-15(21)9-5-11(17)7-12(18)6-9/h3-8H,18H2,1-2H3,(H,19,21). The lowest BCUT2D eigenvalue weighted by molar-refractivity contribution is 0.102. The van der Waals surface area contributed by atoms with Crippen molar-refractivity contribution in [3.63, 3.8) is 0 Å². The predicted molar refractivity (Wildman–Crippen MR) is 89.6 cm³/mol. The van der Waals surface area contributed by atoms with Crippen LogP contribution in [0.25, 0.3) is 0 Å². The monoisotopic (exact) mass is 323 g/mol. The summed E-state index contributed by atoms with van der Waals surface area (Å²) >= 11 is 11.9. The van der Waals surface area contributed by atoms with Crippen molar-refractivity contribution in [3.8, 4) is 0 Å². The lowest BCUT2D eigenvalue weighted by Crippen LogP contribution is -2.17. The van der Waals surface area contributed by atoms with Crippen LogP contribution in [-0.4, -0.2) is 20.0 Å². The van der Waals surface area contributed by atoms with Gasteiger partial charge in [-0.2, -0.15) is 0 Å². The highest BCUT2D eigenvalue weighted by Gasteiger charge is 2.12. The number of halogens is 2. The molecular weight excluding hydrogens is 309 g/mol. The van der Waals surface area contributed by atoms with Crippen LogP contribution in [0.15, 0.2) is 36.4 Å². The zero-order chi connectivity index (χ0) is 15.6. The van der Waals surface area contributed by atoms with Gasteiger partial charge in [0.1, 0.15) is 0 Å². The molecule has 0 radical (unpaired) electrons. The van der Waals surface area contributed by atoms with Gasteiger partial charge in [-0.25, -0.2) is 0 Å².